The first-order valence-corrected chi connectivity index (χ1v) is 8.66. The van der Waals surface area contributed by atoms with Crippen LogP contribution in [0.4, 0.5) is 0 Å². The van der Waals surface area contributed by atoms with E-state index in [1.54, 1.807) is 12.1 Å². The molecule has 3 aromatic rings. The number of benzene rings is 2. The highest BCUT2D eigenvalue weighted by atomic mass is 32.2. The number of H-pyrrole nitrogens is 1. The fourth-order valence-electron chi connectivity index (χ4n) is 2.51. The van der Waals surface area contributed by atoms with E-state index in [-0.39, 0.29) is 4.90 Å². The van der Waals surface area contributed by atoms with Gasteiger partial charge in [-0.05, 0) is 31.5 Å². The summed E-state index contributed by atoms with van der Waals surface area (Å²) >= 11 is 0. The van der Waals surface area contributed by atoms with Crippen LogP contribution in [0.25, 0.3) is 22.4 Å². The van der Waals surface area contributed by atoms with Crippen LogP contribution in [-0.2, 0) is 10.0 Å². The van der Waals surface area contributed by atoms with Crippen molar-refractivity contribution in [2.75, 3.05) is 0 Å². The quantitative estimate of drug-likeness (QED) is 0.775. The Labute approximate surface area is 135 Å². The maximum Gasteiger partial charge on any atom is 0.238 e. The Morgan fingerprint density at radius 2 is 1.48 bits per heavy atom. The number of aryl methyl sites for hydroxylation is 2. The largest absolute Gasteiger partial charge is 0.282 e. The molecule has 5 nitrogen and oxygen atoms in total. The number of hydrogen-bond acceptors (Lipinski definition) is 3. The molecule has 0 amide bonds. The Hall–Kier alpha value is -2.44. The van der Waals surface area contributed by atoms with E-state index < -0.39 is 10.0 Å². The summed E-state index contributed by atoms with van der Waals surface area (Å²) in [6.07, 6.45) is 0. The van der Waals surface area contributed by atoms with Crippen LogP contribution in [0, 0.1) is 13.8 Å². The molecule has 1 aromatic heterocycles. The van der Waals surface area contributed by atoms with Gasteiger partial charge in [-0.15, -0.1) is 0 Å². The highest BCUT2D eigenvalue weighted by Gasteiger charge is 2.15. The third-order valence-electron chi connectivity index (χ3n) is 3.74. The van der Waals surface area contributed by atoms with E-state index in [2.05, 4.69) is 10.2 Å². The average molecular weight is 327 g/mol. The van der Waals surface area contributed by atoms with Crippen molar-refractivity contribution in [3.63, 3.8) is 0 Å². The van der Waals surface area contributed by atoms with Crippen LogP contribution in [0.5, 0.6) is 0 Å². The van der Waals surface area contributed by atoms with Crippen molar-refractivity contribution in [1.82, 2.24) is 10.2 Å². The smallest absolute Gasteiger partial charge is 0.238 e. The van der Waals surface area contributed by atoms with Crippen LogP contribution >= 0.6 is 0 Å². The van der Waals surface area contributed by atoms with Crippen LogP contribution in [0.15, 0.2) is 53.4 Å². The van der Waals surface area contributed by atoms with E-state index in [1.807, 2.05) is 38.1 Å². The van der Waals surface area contributed by atoms with Crippen molar-refractivity contribution in [3.05, 3.63) is 59.8 Å². The number of primary sulfonamides is 1. The number of aromatic amines is 1. The van der Waals surface area contributed by atoms with Crippen LogP contribution < -0.4 is 5.14 Å². The van der Waals surface area contributed by atoms with Gasteiger partial charge in [0.25, 0.3) is 0 Å². The standard InChI is InChI=1S/C17H17N3O2S/c1-11-3-5-14(6-4-11)17-16(12(2)19-20-17)13-7-9-15(10-8-13)23(18,21)22/h3-10H,1-2H3,(H,19,20)(H2,18,21,22). The van der Waals surface area contributed by atoms with E-state index >= 15 is 0 Å². The fraction of sp³-hybridized carbons (Fsp3) is 0.118. The third kappa shape index (κ3) is 3.04. The van der Waals surface area contributed by atoms with Gasteiger partial charge in [-0.1, -0.05) is 42.0 Å². The Balaban J connectivity index is 2.10. The van der Waals surface area contributed by atoms with Gasteiger partial charge < -0.3 is 0 Å². The van der Waals surface area contributed by atoms with Gasteiger partial charge in [-0.2, -0.15) is 5.10 Å². The van der Waals surface area contributed by atoms with Gasteiger partial charge in [-0.3, -0.25) is 5.10 Å². The Morgan fingerprint density at radius 3 is 2.04 bits per heavy atom. The normalized spacial score (nSPS) is 11.6. The second-order valence-electron chi connectivity index (χ2n) is 5.51. The maximum absolute atomic E-state index is 11.4. The number of nitrogens with two attached hydrogens (primary N) is 1. The van der Waals surface area contributed by atoms with Gasteiger partial charge in [0.05, 0.1) is 4.90 Å². The van der Waals surface area contributed by atoms with E-state index in [9.17, 15) is 8.42 Å². The monoisotopic (exact) mass is 327 g/mol. The molecule has 0 saturated heterocycles. The predicted octanol–water partition coefficient (Wildman–Crippen LogP) is 3.01. The second kappa shape index (κ2) is 5.64. The lowest BCUT2D eigenvalue weighted by Gasteiger charge is -2.06. The third-order valence-corrected chi connectivity index (χ3v) is 4.67. The Morgan fingerprint density at radius 1 is 0.913 bits per heavy atom. The molecule has 0 atom stereocenters. The molecule has 0 unspecified atom stereocenters. The molecule has 0 aliphatic carbocycles. The summed E-state index contributed by atoms with van der Waals surface area (Å²) in [5.74, 6) is 0. The first-order valence-electron chi connectivity index (χ1n) is 7.11. The number of aromatic nitrogens is 2. The van der Waals surface area contributed by atoms with Gasteiger partial charge >= 0.3 is 0 Å². The second-order valence-corrected chi connectivity index (χ2v) is 7.07. The van der Waals surface area contributed by atoms with Crippen LogP contribution in [-0.4, -0.2) is 18.6 Å². The highest BCUT2D eigenvalue weighted by Crippen LogP contribution is 2.33. The molecule has 0 fully saturated rings. The fourth-order valence-corrected chi connectivity index (χ4v) is 3.03. The summed E-state index contributed by atoms with van der Waals surface area (Å²) in [5, 5.41) is 12.5. The minimum Gasteiger partial charge on any atom is -0.282 e. The molecule has 0 bridgehead atoms. The molecule has 0 spiro atoms. The minimum absolute atomic E-state index is 0.0966. The molecule has 2 aromatic carbocycles. The number of hydrogen-bond donors (Lipinski definition) is 2. The lowest BCUT2D eigenvalue weighted by Crippen LogP contribution is -2.11. The predicted molar refractivity (Wildman–Crippen MR) is 90.3 cm³/mol. The molecule has 3 rings (SSSR count). The van der Waals surface area contributed by atoms with Crippen molar-refractivity contribution in [3.8, 4) is 22.4 Å². The van der Waals surface area contributed by atoms with E-state index in [0.717, 1.165) is 28.1 Å². The van der Waals surface area contributed by atoms with Gasteiger partial charge in [0, 0.05) is 16.8 Å². The summed E-state index contributed by atoms with van der Waals surface area (Å²) in [6.45, 7) is 3.97. The Kier molecular flexibility index (Phi) is 3.79. The Bertz CT molecular complexity index is 941. The lowest BCUT2D eigenvalue weighted by atomic mass is 9.99. The summed E-state index contributed by atoms with van der Waals surface area (Å²) < 4.78 is 22.8. The van der Waals surface area contributed by atoms with Gasteiger partial charge in [0.15, 0.2) is 0 Å². The number of sulfonamides is 1. The topological polar surface area (TPSA) is 88.8 Å². The van der Waals surface area contributed by atoms with Crippen LogP contribution in [0.2, 0.25) is 0 Å². The van der Waals surface area contributed by atoms with Crippen molar-refractivity contribution < 1.29 is 8.42 Å². The van der Waals surface area contributed by atoms with E-state index in [4.69, 9.17) is 5.14 Å². The van der Waals surface area contributed by atoms with Crippen LogP contribution in [0.3, 0.4) is 0 Å². The zero-order valence-corrected chi connectivity index (χ0v) is 13.7. The molecule has 23 heavy (non-hydrogen) atoms. The van der Waals surface area contributed by atoms with Crippen molar-refractivity contribution in [1.29, 1.82) is 0 Å². The van der Waals surface area contributed by atoms with Gasteiger partial charge in [-0.25, -0.2) is 13.6 Å². The molecule has 6 heteroatoms. The van der Waals surface area contributed by atoms with Crippen molar-refractivity contribution in [2.45, 2.75) is 18.7 Å². The minimum atomic E-state index is -3.69. The van der Waals surface area contributed by atoms with Crippen molar-refractivity contribution in [2.24, 2.45) is 5.14 Å². The SMILES string of the molecule is Cc1ccc(-c2n[nH]c(C)c2-c2ccc(S(N)(=O)=O)cc2)cc1. The molecular weight excluding hydrogens is 310 g/mol. The maximum atomic E-state index is 11.4. The summed E-state index contributed by atoms with van der Waals surface area (Å²) in [4.78, 5) is 0.0966. The molecule has 0 aliphatic rings. The number of nitrogens with zero attached hydrogens (tertiary/aromatic N) is 1. The molecule has 0 radical (unpaired) electrons. The highest BCUT2D eigenvalue weighted by molar-refractivity contribution is 7.89. The molecule has 0 aliphatic heterocycles. The zero-order valence-electron chi connectivity index (χ0n) is 12.9. The average Bonchev–Trinajstić information content (AvgIpc) is 2.89. The van der Waals surface area contributed by atoms with Gasteiger partial charge in [0.1, 0.15) is 5.69 Å². The summed E-state index contributed by atoms with van der Waals surface area (Å²) in [6, 6.07) is 14.6. The lowest BCUT2D eigenvalue weighted by molar-refractivity contribution is 0.598. The number of rotatable bonds is 3. The molecule has 118 valence electrons. The first kappa shape index (κ1) is 15.5. The van der Waals surface area contributed by atoms with Crippen LogP contribution in [0.1, 0.15) is 11.3 Å². The molecular formula is C17H17N3O2S. The first-order chi connectivity index (χ1) is 10.9. The van der Waals surface area contributed by atoms with Crippen molar-refractivity contribution >= 4 is 10.0 Å². The molecule has 0 saturated carbocycles. The zero-order chi connectivity index (χ0) is 16.6. The summed E-state index contributed by atoms with van der Waals surface area (Å²) in [5.41, 5.74) is 5.79. The van der Waals surface area contributed by atoms with E-state index in [0.29, 0.717) is 0 Å². The molecule has 1 heterocycles. The van der Waals surface area contributed by atoms with E-state index in [1.165, 1.54) is 17.7 Å². The van der Waals surface area contributed by atoms with Gasteiger partial charge in [0.2, 0.25) is 10.0 Å². The molecule has 3 N–H and O–H groups in total. The summed E-state index contributed by atoms with van der Waals surface area (Å²) in [7, 11) is -3.69. The number of nitrogens with one attached hydrogen (secondary N) is 1.